The maximum atomic E-state index is 10.7. The van der Waals surface area contributed by atoms with Crippen LogP contribution in [0.15, 0.2) is 36.7 Å². The van der Waals surface area contributed by atoms with Gasteiger partial charge in [0.25, 0.3) is 10.1 Å². The molecule has 0 aromatic carbocycles. The molecule has 0 fully saturated rings. The molecule has 6 heteroatoms. The normalized spacial score (nSPS) is 11.5. The molecule has 0 spiro atoms. The minimum absolute atomic E-state index is 0.243. The summed E-state index contributed by atoms with van der Waals surface area (Å²) in [6, 6.07) is 7.41. The van der Waals surface area contributed by atoms with Gasteiger partial charge in [-0.05, 0) is 36.6 Å². The molecule has 0 radical (unpaired) electrons. The van der Waals surface area contributed by atoms with Gasteiger partial charge in [-0.25, -0.2) is 0 Å². The van der Waals surface area contributed by atoms with Gasteiger partial charge in [-0.15, -0.1) is 0 Å². The van der Waals surface area contributed by atoms with Gasteiger partial charge in [0.15, 0.2) is 0 Å². The summed E-state index contributed by atoms with van der Waals surface area (Å²) in [4.78, 5) is 8.51. The quantitative estimate of drug-likeness (QED) is 0.864. The zero-order chi connectivity index (χ0) is 13.9. The van der Waals surface area contributed by atoms with Gasteiger partial charge in [-0.3, -0.25) is 14.5 Å². The second-order valence-electron chi connectivity index (χ2n) is 4.31. The molecule has 5 nitrogen and oxygen atoms in total. The molecule has 0 aliphatic heterocycles. The van der Waals surface area contributed by atoms with Crippen LogP contribution in [0.2, 0.25) is 0 Å². The molecule has 2 heterocycles. The van der Waals surface area contributed by atoms with Crippen molar-refractivity contribution in [3.05, 3.63) is 47.8 Å². The highest BCUT2D eigenvalue weighted by molar-refractivity contribution is 7.85. The number of hydrogen-bond acceptors (Lipinski definition) is 4. The minimum Gasteiger partial charge on any atom is -0.286 e. The number of hydrogen-bond donors (Lipinski definition) is 1. The van der Waals surface area contributed by atoms with Crippen molar-refractivity contribution in [2.24, 2.45) is 0 Å². The van der Waals surface area contributed by atoms with E-state index in [9.17, 15) is 8.42 Å². The van der Waals surface area contributed by atoms with Crippen molar-refractivity contribution in [1.29, 1.82) is 0 Å². The van der Waals surface area contributed by atoms with Gasteiger partial charge in [0.05, 0.1) is 17.1 Å². The first-order valence-corrected chi connectivity index (χ1v) is 7.38. The smallest absolute Gasteiger partial charge is 0.265 e. The van der Waals surface area contributed by atoms with E-state index in [0.29, 0.717) is 0 Å². The number of pyridine rings is 2. The van der Waals surface area contributed by atoms with Crippen LogP contribution in [0.5, 0.6) is 0 Å². The van der Waals surface area contributed by atoms with Gasteiger partial charge < -0.3 is 0 Å². The van der Waals surface area contributed by atoms with Gasteiger partial charge in [0.2, 0.25) is 0 Å². The van der Waals surface area contributed by atoms with Crippen molar-refractivity contribution < 1.29 is 13.0 Å². The average Bonchev–Trinajstić information content (AvgIpc) is 2.37. The van der Waals surface area contributed by atoms with Crippen LogP contribution in [0.3, 0.4) is 0 Å². The van der Waals surface area contributed by atoms with Crippen LogP contribution in [-0.4, -0.2) is 28.7 Å². The molecule has 0 aliphatic carbocycles. The largest absolute Gasteiger partial charge is 0.286 e. The lowest BCUT2D eigenvalue weighted by Crippen LogP contribution is -2.06. The second kappa shape index (κ2) is 5.46. The van der Waals surface area contributed by atoms with Crippen molar-refractivity contribution in [2.45, 2.75) is 13.3 Å². The second-order valence-corrected chi connectivity index (χ2v) is 5.88. The number of rotatable bonds is 4. The van der Waals surface area contributed by atoms with Gasteiger partial charge in [-0.2, -0.15) is 8.42 Å². The molecule has 100 valence electrons. The summed E-state index contributed by atoms with van der Waals surface area (Å²) in [6.45, 7) is 1.96. The lowest BCUT2D eigenvalue weighted by atomic mass is 10.1. The Morgan fingerprint density at radius 2 is 1.68 bits per heavy atom. The van der Waals surface area contributed by atoms with Crippen LogP contribution in [0.4, 0.5) is 0 Å². The van der Waals surface area contributed by atoms with Gasteiger partial charge in [-0.1, -0.05) is 12.1 Å². The molecule has 0 aliphatic rings. The molecule has 0 saturated carbocycles. The SMILES string of the molecule is Cc1ccc(-c2ccc(CCS(=O)(=O)O)cn2)nc1. The first-order chi connectivity index (χ1) is 8.94. The maximum Gasteiger partial charge on any atom is 0.265 e. The third kappa shape index (κ3) is 4.11. The molecule has 0 amide bonds. The van der Waals surface area contributed by atoms with Crippen molar-refractivity contribution in [3.63, 3.8) is 0 Å². The Morgan fingerprint density at radius 3 is 2.16 bits per heavy atom. The van der Waals surface area contributed by atoms with Crippen LogP contribution in [0, 0.1) is 6.92 Å². The summed E-state index contributed by atoms with van der Waals surface area (Å²) in [6.07, 6.45) is 3.61. The first kappa shape index (κ1) is 13.6. The highest BCUT2D eigenvalue weighted by atomic mass is 32.2. The lowest BCUT2D eigenvalue weighted by molar-refractivity contribution is 0.482. The Balaban J connectivity index is 2.12. The summed E-state index contributed by atoms with van der Waals surface area (Å²) in [5.41, 5.74) is 3.34. The summed E-state index contributed by atoms with van der Waals surface area (Å²) in [5, 5.41) is 0. The highest BCUT2D eigenvalue weighted by Crippen LogP contribution is 2.14. The Hall–Kier alpha value is -1.79. The van der Waals surface area contributed by atoms with Crippen LogP contribution in [-0.2, 0) is 16.5 Å². The van der Waals surface area contributed by atoms with E-state index in [1.165, 1.54) is 0 Å². The predicted molar refractivity (Wildman–Crippen MR) is 72.3 cm³/mol. The van der Waals surface area contributed by atoms with E-state index in [-0.39, 0.29) is 12.2 Å². The van der Waals surface area contributed by atoms with Crippen molar-refractivity contribution >= 4 is 10.1 Å². The van der Waals surface area contributed by atoms with E-state index in [0.717, 1.165) is 22.5 Å². The fourth-order valence-corrected chi connectivity index (χ4v) is 2.08. The molecule has 2 aromatic rings. The average molecular weight is 278 g/mol. The Labute approximate surface area is 112 Å². The lowest BCUT2D eigenvalue weighted by Gasteiger charge is -2.03. The summed E-state index contributed by atoms with van der Waals surface area (Å²) in [5.74, 6) is -0.295. The number of aromatic nitrogens is 2. The van der Waals surface area contributed by atoms with E-state index >= 15 is 0 Å². The fraction of sp³-hybridized carbons (Fsp3) is 0.231. The van der Waals surface area contributed by atoms with E-state index < -0.39 is 10.1 Å². The first-order valence-electron chi connectivity index (χ1n) is 5.77. The topological polar surface area (TPSA) is 80.2 Å². The summed E-state index contributed by atoms with van der Waals surface area (Å²) < 4.78 is 30.0. The molecule has 2 rings (SSSR count). The zero-order valence-corrected chi connectivity index (χ0v) is 11.3. The molecule has 1 N–H and O–H groups in total. The van der Waals surface area contributed by atoms with E-state index in [4.69, 9.17) is 4.55 Å². The number of nitrogens with zero attached hydrogens (tertiary/aromatic N) is 2. The number of aryl methyl sites for hydroxylation is 2. The van der Waals surface area contributed by atoms with Gasteiger partial charge >= 0.3 is 0 Å². The van der Waals surface area contributed by atoms with Crippen LogP contribution >= 0.6 is 0 Å². The van der Waals surface area contributed by atoms with E-state index in [1.54, 1.807) is 24.5 Å². The van der Waals surface area contributed by atoms with Crippen molar-refractivity contribution in [1.82, 2.24) is 9.97 Å². The molecule has 19 heavy (non-hydrogen) atoms. The van der Waals surface area contributed by atoms with Crippen LogP contribution in [0.1, 0.15) is 11.1 Å². The minimum atomic E-state index is -3.93. The third-order valence-electron chi connectivity index (χ3n) is 2.65. The Morgan fingerprint density at radius 1 is 1.05 bits per heavy atom. The molecular formula is C13H14N2O3S. The standard InChI is InChI=1S/C13H14N2O3S/c1-10-2-4-12(14-8-10)13-5-3-11(9-15-13)6-7-19(16,17)18/h2-5,8-9H,6-7H2,1H3,(H,16,17,18). The molecule has 0 atom stereocenters. The molecular weight excluding hydrogens is 264 g/mol. The van der Waals surface area contributed by atoms with Crippen molar-refractivity contribution in [2.75, 3.05) is 5.75 Å². The van der Waals surface area contributed by atoms with Gasteiger partial charge in [0.1, 0.15) is 0 Å². The van der Waals surface area contributed by atoms with E-state index in [1.807, 2.05) is 19.1 Å². The third-order valence-corrected chi connectivity index (χ3v) is 3.37. The van der Waals surface area contributed by atoms with Crippen LogP contribution in [0.25, 0.3) is 11.4 Å². The fourth-order valence-electron chi connectivity index (χ4n) is 1.59. The summed E-state index contributed by atoms with van der Waals surface area (Å²) in [7, 11) is -3.93. The summed E-state index contributed by atoms with van der Waals surface area (Å²) >= 11 is 0. The zero-order valence-electron chi connectivity index (χ0n) is 10.4. The maximum absolute atomic E-state index is 10.7. The monoisotopic (exact) mass is 278 g/mol. The van der Waals surface area contributed by atoms with Crippen molar-refractivity contribution in [3.8, 4) is 11.4 Å². The molecule has 0 saturated heterocycles. The molecule has 2 aromatic heterocycles. The molecule has 0 unspecified atom stereocenters. The van der Waals surface area contributed by atoms with E-state index in [2.05, 4.69) is 9.97 Å². The molecule has 0 bridgehead atoms. The Kier molecular flexibility index (Phi) is 3.92. The van der Waals surface area contributed by atoms with Crippen LogP contribution < -0.4 is 0 Å². The van der Waals surface area contributed by atoms with Gasteiger partial charge in [0, 0.05) is 12.4 Å². The Bertz CT molecular complexity index is 649. The highest BCUT2D eigenvalue weighted by Gasteiger charge is 2.06. The predicted octanol–water partition coefficient (Wildman–Crippen LogP) is 1.88.